The van der Waals surface area contributed by atoms with E-state index in [0.717, 1.165) is 29.6 Å². The Labute approximate surface area is 125 Å². The van der Waals surface area contributed by atoms with Crippen LogP contribution in [0.4, 0.5) is 0 Å². The maximum Gasteiger partial charge on any atom is 0.323 e. The van der Waals surface area contributed by atoms with Gasteiger partial charge in [0.15, 0.2) is 0 Å². The molecule has 2 N–H and O–H groups in total. The second-order valence-electron chi connectivity index (χ2n) is 5.52. The summed E-state index contributed by atoms with van der Waals surface area (Å²) in [4.78, 5) is 11.5. The van der Waals surface area contributed by atoms with Crippen molar-refractivity contribution in [2.75, 3.05) is 0 Å². The highest BCUT2D eigenvalue weighted by atomic mass is 16.4. The maximum atomic E-state index is 11.5. The number of rotatable bonds is 7. The van der Waals surface area contributed by atoms with Crippen molar-refractivity contribution in [3.05, 3.63) is 30.0 Å². The number of carboxylic acids is 1. The second kappa shape index (κ2) is 6.26. The van der Waals surface area contributed by atoms with E-state index in [1.54, 1.807) is 6.92 Å². The molecule has 2 rings (SSSR count). The molecule has 0 saturated carbocycles. The van der Waals surface area contributed by atoms with Crippen molar-refractivity contribution in [1.29, 1.82) is 0 Å². The van der Waals surface area contributed by atoms with Gasteiger partial charge in [-0.2, -0.15) is 5.10 Å². The predicted octanol–water partition coefficient (Wildman–Crippen LogP) is 2.79. The van der Waals surface area contributed by atoms with E-state index in [9.17, 15) is 9.90 Å². The zero-order chi connectivity index (χ0) is 15.5. The number of benzene rings is 1. The first-order chi connectivity index (χ1) is 10.0. The molecule has 2 aromatic rings. The number of hydrogen-bond acceptors (Lipinski definition) is 3. The van der Waals surface area contributed by atoms with Gasteiger partial charge in [-0.3, -0.25) is 14.8 Å². The fourth-order valence-corrected chi connectivity index (χ4v) is 2.62. The van der Waals surface area contributed by atoms with Gasteiger partial charge in [0.1, 0.15) is 5.54 Å². The molecule has 0 aliphatic carbocycles. The van der Waals surface area contributed by atoms with Crippen LogP contribution in [0, 0.1) is 0 Å². The Morgan fingerprint density at radius 2 is 2.10 bits per heavy atom. The van der Waals surface area contributed by atoms with Gasteiger partial charge in [0.25, 0.3) is 0 Å². The lowest BCUT2D eigenvalue weighted by Gasteiger charge is -2.25. The molecule has 1 atom stereocenters. The highest BCUT2D eigenvalue weighted by molar-refractivity contribution is 5.82. The highest BCUT2D eigenvalue weighted by Gasteiger charge is 2.31. The molecule has 5 nitrogen and oxygen atoms in total. The molecule has 0 fully saturated rings. The Bertz CT molecular complexity index is 635. The summed E-state index contributed by atoms with van der Waals surface area (Å²) in [6.07, 6.45) is 1.41. The third-order valence-electron chi connectivity index (χ3n) is 3.90. The van der Waals surface area contributed by atoms with Crippen LogP contribution in [0.1, 0.15) is 39.3 Å². The van der Waals surface area contributed by atoms with Crippen molar-refractivity contribution < 1.29 is 9.90 Å². The predicted molar refractivity (Wildman–Crippen MR) is 83.2 cm³/mol. The van der Waals surface area contributed by atoms with Gasteiger partial charge in [-0.05, 0) is 26.3 Å². The van der Waals surface area contributed by atoms with E-state index in [1.165, 1.54) is 0 Å². The SMILES string of the molecule is CCCC(C)(NCc1nn(CC)c2ccccc12)C(=O)O. The molecule has 1 aromatic carbocycles. The van der Waals surface area contributed by atoms with E-state index in [2.05, 4.69) is 17.3 Å². The molecular weight excluding hydrogens is 266 g/mol. The summed E-state index contributed by atoms with van der Waals surface area (Å²) in [6, 6.07) is 8.04. The minimum atomic E-state index is -0.911. The standard InChI is InChI=1S/C16H23N3O2/c1-4-10-16(3,15(20)21)17-11-13-12-8-6-7-9-14(12)19(5-2)18-13/h6-9,17H,4-5,10-11H2,1-3H3,(H,20,21). The van der Waals surface area contributed by atoms with Crippen LogP contribution in [0.25, 0.3) is 10.9 Å². The Kier molecular flexibility index (Phi) is 4.63. The lowest BCUT2D eigenvalue weighted by molar-refractivity contribution is -0.144. The number of nitrogens with one attached hydrogen (secondary N) is 1. The van der Waals surface area contributed by atoms with Gasteiger partial charge in [0, 0.05) is 18.5 Å². The molecule has 0 radical (unpaired) electrons. The van der Waals surface area contributed by atoms with Gasteiger partial charge >= 0.3 is 5.97 Å². The van der Waals surface area contributed by atoms with Crippen LogP contribution in [0.15, 0.2) is 24.3 Å². The molecule has 1 aromatic heterocycles. The fraction of sp³-hybridized carbons (Fsp3) is 0.500. The summed E-state index contributed by atoms with van der Waals surface area (Å²) in [5, 5.41) is 18.3. The molecule has 1 unspecified atom stereocenters. The molecule has 5 heteroatoms. The molecular formula is C16H23N3O2. The maximum absolute atomic E-state index is 11.5. The normalized spacial score (nSPS) is 14.2. The lowest BCUT2D eigenvalue weighted by atomic mass is 9.96. The average molecular weight is 289 g/mol. The highest BCUT2D eigenvalue weighted by Crippen LogP contribution is 2.20. The van der Waals surface area contributed by atoms with Crippen LogP contribution in [0.3, 0.4) is 0 Å². The topological polar surface area (TPSA) is 67.2 Å². The largest absolute Gasteiger partial charge is 0.480 e. The molecule has 1 heterocycles. The first kappa shape index (κ1) is 15.5. The zero-order valence-electron chi connectivity index (χ0n) is 12.9. The van der Waals surface area contributed by atoms with Crippen LogP contribution in [0.2, 0.25) is 0 Å². The third-order valence-corrected chi connectivity index (χ3v) is 3.90. The van der Waals surface area contributed by atoms with E-state index in [0.29, 0.717) is 13.0 Å². The molecule has 0 aliphatic rings. The Hall–Kier alpha value is -1.88. The smallest absolute Gasteiger partial charge is 0.323 e. The first-order valence-electron chi connectivity index (χ1n) is 7.44. The number of aromatic nitrogens is 2. The van der Waals surface area contributed by atoms with Crippen molar-refractivity contribution in [3.8, 4) is 0 Å². The molecule has 0 bridgehead atoms. The molecule has 21 heavy (non-hydrogen) atoms. The Morgan fingerprint density at radius 3 is 2.71 bits per heavy atom. The van der Waals surface area contributed by atoms with Gasteiger partial charge in [-0.25, -0.2) is 0 Å². The molecule has 0 spiro atoms. The Balaban J connectivity index is 2.26. The zero-order valence-corrected chi connectivity index (χ0v) is 12.9. The average Bonchev–Trinajstić information content (AvgIpc) is 2.83. The van der Waals surface area contributed by atoms with Gasteiger partial charge in [-0.15, -0.1) is 0 Å². The minimum Gasteiger partial charge on any atom is -0.480 e. The van der Waals surface area contributed by atoms with Gasteiger partial charge in [0.05, 0.1) is 11.2 Å². The van der Waals surface area contributed by atoms with E-state index in [-0.39, 0.29) is 0 Å². The van der Waals surface area contributed by atoms with Crippen molar-refractivity contribution >= 4 is 16.9 Å². The van der Waals surface area contributed by atoms with Crippen molar-refractivity contribution in [1.82, 2.24) is 15.1 Å². The summed E-state index contributed by atoms with van der Waals surface area (Å²) in [7, 11) is 0. The van der Waals surface area contributed by atoms with Crippen molar-refractivity contribution in [2.45, 2.75) is 52.2 Å². The van der Waals surface area contributed by atoms with Gasteiger partial charge in [0.2, 0.25) is 0 Å². The van der Waals surface area contributed by atoms with Gasteiger partial charge < -0.3 is 5.11 Å². The first-order valence-corrected chi connectivity index (χ1v) is 7.44. The minimum absolute atomic E-state index is 0.455. The fourth-order valence-electron chi connectivity index (χ4n) is 2.62. The van der Waals surface area contributed by atoms with E-state index < -0.39 is 11.5 Å². The monoisotopic (exact) mass is 289 g/mol. The number of fused-ring (bicyclic) bond motifs is 1. The number of nitrogens with zero attached hydrogens (tertiary/aromatic N) is 2. The molecule has 0 saturated heterocycles. The van der Waals surface area contributed by atoms with E-state index in [1.807, 2.05) is 35.9 Å². The van der Waals surface area contributed by atoms with Crippen LogP contribution in [-0.2, 0) is 17.9 Å². The number of aliphatic carboxylic acids is 1. The van der Waals surface area contributed by atoms with Crippen molar-refractivity contribution in [3.63, 3.8) is 0 Å². The third kappa shape index (κ3) is 3.08. The van der Waals surface area contributed by atoms with Crippen LogP contribution < -0.4 is 5.32 Å². The molecule has 0 amide bonds. The van der Waals surface area contributed by atoms with Crippen molar-refractivity contribution in [2.24, 2.45) is 0 Å². The van der Waals surface area contributed by atoms with Gasteiger partial charge in [-0.1, -0.05) is 31.5 Å². The second-order valence-corrected chi connectivity index (χ2v) is 5.52. The summed E-state index contributed by atoms with van der Waals surface area (Å²) >= 11 is 0. The number of carboxylic acid groups (broad SMARTS) is 1. The molecule has 114 valence electrons. The van der Waals surface area contributed by atoms with E-state index >= 15 is 0 Å². The summed E-state index contributed by atoms with van der Waals surface area (Å²) < 4.78 is 1.95. The quantitative estimate of drug-likeness (QED) is 0.822. The number of hydrogen-bond donors (Lipinski definition) is 2. The number of aryl methyl sites for hydroxylation is 1. The van der Waals surface area contributed by atoms with Crippen LogP contribution in [0.5, 0.6) is 0 Å². The Morgan fingerprint density at radius 1 is 1.38 bits per heavy atom. The summed E-state index contributed by atoms with van der Waals surface area (Å²) in [5.74, 6) is -0.816. The summed E-state index contributed by atoms with van der Waals surface area (Å²) in [5.41, 5.74) is 1.08. The van der Waals surface area contributed by atoms with Crippen LogP contribution >= 0.6 is 0 Å². The van der Waals surface area contributed by atoms with E-state index in [4.69, 9.17) is 0 Å². The number of para-hydroxylation sites is 1. The lowest BCUT2D eigenvalue weighted by Crippen LogP contribution is -2.49. The molecule has 0 aliphatic heterocycles. The van der Waals surface area contributed by atoms with Crippen LogP contribution in [-0.4, -0.2) is 26.4 Å². The number of carbonyl (C=O) groups is 1. The summed E-state index contributed by atoms with van der Waals surface area (Å²) in [6.45, 7) is 7.03.